The molecule has 1 aliphatic carbocycles. The predicted molar refractivity (Wildman–Crippen MR) is 89.8 cm³/mol. The van der Waals surface area contributed by atoms with Gasteiger partial charge in [0, 0.05) is 19.1 Å². The van der Waals surface area contributed by atoms with Crippen molar-refractivity contribution in [1.82, 2.24) is 0 Å². The van der Waals surface area contributed by atoms with Gasteiger partial charge in [-0.2, -0.15) is 0 Å². The molecule has 1 saturated carbocycles. The lowest BCUT2D eigenvalue weighted by Gasteiger charge is -2.38. The van der Waals surface area contributed by atoms with Crippen molar-refractivity contribution >= 4 is 12.0 Å². The summed E-state index contributed by atoms with van der Waals surface area (Å²) in [5.74, 6) is 0.655. The van der Waals surface area contributed by atoms with Gasteiger partial charge < -0.3 is 18.9 Å². The molecule has 130 valence electrons. The number of esters is 1. The minimum Gasteiger partial charge on any atom is -0.497 e. The Kier molecular flexibility index (Phi) is 4.92. The second-order valence-corrected chi connectivity index (χ2v) is 6.46. The van der Waals surface area contributed by atoms with E-state index in [1.165, 1.54) is 6.08 Å². The number of benzene rings is 1. The van der Waals surface area contributed by atoms with Gasteiger partial charge in [-0.1, -0.05) is 19.1 Å². The van der Waals surface area contributed by atoms with E-state index in [1.54, 1.807) is 20.3 Å². The maximum Gasteiger partial charge on any atom is 0.331 e. The molecule has 3 rings (SSSR count). The first-order valence-corrected chi connectivity index (χ1v) is 8.27. The number of rotatable bonds is 5. The third-order valence-corrected chi connectivity index (χ3v) is 5.12. The number of hydrogen-bond donors (Lipinski definition) is 0. The van der Waals surface area contributed by atoms with Crippen LogP contribution in [0.25, 0.3) is 6.08 Å². The van der Waals surface area contributed by atoms with Crippen molar-refractivity contribution in [2.24, 2.45) is 5.92 Å². The quantitative estimate of drug-likeness (QED) is 0.471. The van der Waals surface area contributed by atoms with Crippen molar-refractivity contribution in [3.63, 3.8) is 0 Å². The molecule has 1 spiro atoms. The third-order valence-electron chi connectivity index (χ3n) is 5.12. The van der Waals surface area contributed by atoms with Crippen LogP contribution in [0.2, 0.25) is 0 Å². The van der Waals surface area contributed by atoms with Crippen LogP contribution in [0.15, 0.2) is 30.3 Å². The number of ether oxygens (including phenoxy) is 4. The molecule has 2 aliphatic rings. The van der Waals surface area contributed by atoms with Gasteiger partial charge in [0.2, 0.25) is 0 Å². The van der Waals surface area contributed by atoms with E-state index in [0.29, 0.717) is 0 Å². The summed E-state index contributed by atoms with van der Waals surface area (Å²) in [5.41, 5.74) is 0.862. The summed E-state index contributed by atoms with van der Waals surface area (Å²) in [4.78, 5) is 12.1. The van der Waals surface area contributed by atoms with Crippen LogP contribution in [-0.2, 0) is 19.0 Å². The zero-order valence-corrected chi connectivity index (χ0v) is 14.4. The van der Waals surface area contributed by atoms with Crippen molar-refractivity contribution in [1.29, 1.82) is 0 Å². The molecule has 0 aromatic heterocycles. The lowest BCUT2D eigenvalue weighted by atomic mass is 9.76. The summed E-state index contributed by atoms with van der Waals surface area (Å²) in [7, 11) is 3.28. The Hall–Kier alpha value is -1.85. The number of carbonyl (C=O) groups is 1. The standard InChI is InChI=1S/C19H24O5/c1-13-18(22-3)16(10-11-19(13)12-23-19)24-17(20)9-6-14-4-7-15(21-2)8-5-14/h4-9,13,16,18H,10-12H2,1-3H3/b9-6+/t13-,16+,18-,19-/m0/s1. The highest BCUT2D eigenvalue weighted by molar-refractivity contribution is 5.87. The molecule has 5 nitrogen and oxygen atoms in total. The molecule has 1 aliphatic heterocycles. The Morgan fingerprint density at radius 2 is 2.00 bits per heavy atom. The van der Waals surface area contributed by atoms with Gasteiger partial charge in [-0.15, -0.1) is 0 Å². The zero-order valence-electron chi connectivity index (χ0n) is 14.4. The normalized spacial score (nSPS) is 32.0. The molecule has 1 heterocycles. The van der Waals surface area contributed by atoms with Crippen LogP contribution in [0.4, 0.5) is 0 Å². The van der Waals surface area contributed by atoms with Gasteiger partial charge in [0.05, 0.1) is 25.4 Å². The average molecular weight is 332 g/mol. The van der Waals surface area contributed by atoms with Crippen molar-refractivity contribution in [2.45, 2.75) is 37.6 Å². The van der Waals surface area contributed by atoms with Crippen LogP contribution in [-0.4, -0.2) is 44.6 Å². The summed E-state index contributed by atoms with van der Waals surface area (Å²) in [5, 5.41) is 0. The van der Waals surface area contributed by atoms with Crippen molar-refractivity contribution < 1.29 is 23.7 Å². The van der Waals surface area contributed by atoms with E-state index in [4.69, 9.17) is 18.9 Å². The molecule has 24 heavy (non-hydrogen) atoms. The molecule has 0 unspecified atom stereocenters. The van der Waals surface area contributed by atoms with Crippen LogP contribution in [0.3, 0.4) is 0 Å². The molecule has 0 bridgehead atoms. The van der Waals surface area contributed by atoms with Gasteiger partial charge in [0.15, 0.2) is 0 Å². The van der Waals surface area contributed by atoms with Crippen LogP contribution in [0.5, 0.6) is 5.75 Å². The van der Waals surface area contributed by atoms with E-state index in [2.05, 4.69) is 6.92 Å². The topological polar surface area (TPSA) is 57.3 Å². The van der Waals surface area contributed by atoms with E-state index < -0.39 is 0 Å². The van der Waals surface area contributed by atoms with Gasteiger partial charge in [0.25, 0.3) is 0 Å². The molecule has 1 aromatic carbocycles. The third kappa shape index (κ3) is 3.47. The Morgan fingerprint density at radius 1 is 1.29 bits per heavy atom. The number of epoxide rings is 1. The van der Waals surface area contributed by atoms with Gasteiger partial charge >= 0.3 is 5.97 Å². The fraction of sp³-hybridized carbons (Fsp3) is 0.526. The second-order valence-electron chi connectivity index (χ2n) is 6.46. The van der Waals surface area contributed by atoms with Crippen LogP contribution >= 0.6 is 0 Å². The molecular formula is C19H24O5. The van der Waals surface area contributed by atoms with E-state index in [1.807, 2.05) is 24.3 Å². The Morgan fingerprint density at radius 3 is 2.58 bits per heavy atom. The summed E-state index contributed by atoms with van der Waals surface area (Å²) in [6.07, 6.45) is 4.52. The molecule has 0 radical (unpaired) electrons. The molecule has 4 atom stereocenters. The fourth-order valence-corrected chi connectivity index (χ4v) is 3.45. The molecule has 0 N–H and O–H groups in total. The van der Waals surface area contributed by atoms with Gasteiger partial charge in [-0.05, 0) is 36.6 Å². The molecule has 0 amide bonds. The van der Waals surface area contributed by atoms with Gasteiger partial charge in [-0.3, -0.25) is 0 Å². The maximum atomic E-state index is 12.1. The first-order chi connectivity index (χ1) is 11.6. The van der Waals surface area contributed by atoms with Gasteiger partial charge in [-0.25, -0.2) is 4.79 Å². The van der Waals surface area contributed by atoms with Crippen molar-refractivity contribution in [2.75, 3.05) is 20.8 Å². The highest BCUT2D eigenvalue weighted by Gasteiger charge is 2.57. The number of hydrogen-bond acceptors (Lipinski definition) is 5. The predicted octanol–water partition coefficient (Wildman–Crippen LogP) is 2.83. The highest BCUT2D eigenvalue weighted by Crippen LogP contribution is 2.47. The Bertz CT molecular complexity index is 603. The van der Waals surface area contributed by atoms with Crippen molar-refractivity contribution in [3.8, 4) is 5.75 Å². The van der Waals surface area contributed by atoms with E-state index in [-0.39, 0.29) is 29.7 Å². The minimum absolute atomic E-state index is 0.0531. The zero-order chi connectivity index (χ0) is 17.2. The number of carbonyl (C=O) groups excluding carboxylic acids is 1. The summed E-state index contributed by atoms with van der Waals surface area (Å²) in [6, 6.07) is 7.47. The highest BCUT2D eigenvalue weighted by atomic mass is 16.6. The monoisotopic (exact) mass is 332 g/mol. The molecule has 2 fully saturated rings. The molecule has 1 saturated heterocycles. The first kappa shape index (κ1) is 17.0. The summed E-state index contributed by atoms with van der Waals surface area (Å²) >= 11 is 0. The van der Waals surface area contributed by atoms with E-state index in [0.717, 1.165) is 30.8 Å². The SMILES string of the molecule is COc1ccc(/C=C/C(=O)O[C@@H]2CC[C@]3(CO3)[C@@H](C)[C@@H]2OC)cc1. The number of methoxy groups -OCH3 is 2. The minimum atomic E-state index is -0.349. The average Bonchev–Trinajstić information content (AvgIpc) is 3.38. The Balaban J connectivity index is 1.58. The first-order valence-electron chi connectivity index (χ1n) is 8.27. The van der Waals surface area contributed by atoms with E-state index in [9.17, 15) is 4.79 Å². The fourth-order valence-electron chi connectivity index (χ4n) is 3.45. The van der Waals surface area contributed by atoms with Crippen LogP contribution < -0.4 is 4.74 Å². The van der Waals surface area contributed by atoms with E-state index >= 15 is 0 Å². The summed E-state index contributed by atoms with van der Waals surface area (Å²) < 4.78 is 21.9. The lowest BCUT2D eigenvalue weighted by Crippen LogP contribution is -2.48. The van der Waals surface area contributed by atoms with Gasteiger partial charge in [0.1, 0.15) is 11.9 Å². The van der Waals surface area contributed by atoms with Crippen molar-refractivity contribution in [3.05, 3.63) is 35.9 Å². The lowest BCUT2D eigenvalue weighted by molar-refractivity contribution is -0.160. The Labute approximate surface area is 142 Å². The summed E-state index contributed by atoms with van der Waals surface area (Å²) in [6.45, 7) is 2.89. The molecule has 5 heteroatoms. The largest absolute Gasteiger partial charge is 0.497 e. The maximum absolute atomic E-state index is 12.1. The smallest absolute Gasteiger partial charge is 0.331 e. The van der Waals surface area contributed by atoms with Crippen LogP contribution in [0, 0.1) is 5.92 Å². The van der Waals surface area contributed by atoms with Crippen LogP contribution in [0.1, 0.15) is 25.3 Å². The molecule has 1 aromatic rings. The second kappa shape index (κ2) is 6.95. The molecular weight excluding hydrogens is 308 g/mol.